The first-order valence-electron chi connectivity index (χ1n) is 6.85. The van der Waals surface area contributed by atoms with Gasteiger partial charge in [-0.3, -0.25) is 0 Å². The van der Waals surface area contributed by atoms with E-state index in [9.17, 15) is 0 Å². The molecule has 0 N–H and O–H groups in total. The molecule has 18 heavy (non-hydrogen) atoms. The van der Waals surface area contributed by atoms with E-state index in [1.807, 2.05) is 0 Å². The van der Waals surface area contributed by atoms with Gasteiger partial charge in [-0.05, 0) is 54.5 Å². The highest BCUT2D eigenvalue weighted by Crippen LogP contribution is 2.29. The fourth-order valence-corrected chi connectivity index (χ4v) is 2.73. The maximum absolute atomic E-state index is 2.29. The lowest BCUT2D eigenvalue weighted by molar-refractivity contribution is 1.05. The highest BCUT2D eigenvalue weighted by atomic mass is 14.1. The molecule has 0 radical (unpaired) electrons. The largest absolute Gasteiger partial charge is 0.0614 e. The molecule has 0 fully saturated rings. The fourth-order valence-electron chi connectivity index (χ4n) is 2.73. The Balaban J connectivity index is 2.61. The molecule has 0 bridgehead atoms. The van der Waals surface area contributed by atoms with Crippen LogP contribution < -0.4 is 0 Å². The summed E-state index contributed by atoms with van der Waals surface area (Å²) < 4.78 is 0. The van der Waals surface area contributed by atoms with E-state index in [1.165, 1.54) is 33.4 Å². The number of hydrogen-bond acceptors (Lipinski definition) is 0. The highest BCUT2D eigenvalue weighted by molar-refractivity contribution is 5.70. The van der Waals surface area contributed by atoms with Crippen molar-refractivity contribution in [3.8, 4) is 11.1 Å². The molecule has 2 rings (SSSR count). The molecule has 0 aromatic heterocycles. The van der Waals surface area contributed by atoms with E-state index in [2.05, 4.69) is 64.1 Å². The summed E-state index contributed by atoms with van der Waals surface area (Å²) in [4.78, 5) is 0. The minimum absolute atomic E-state index is 1.10. The monoisotopic (exact) mass is 238 g/mol. The number of aryl methyl sites for hydroxylation is 2. The van der Waals surface area contributed by atoms with Crippen LogP contribution in [0.15, 0.2) is 36.4 Å². The van der Waals surface area contributed by atoms with Gasteiger partial charge in [-0.2, -0.15) is 0 Å². The third-order valence-corrected chi connectivity index (χ3v) is 3.77. The molecule has 0 spiro atoms. The topological polar surface area (TPSA) is 0 Å². The van der Waals surface area contributed by atoms with Crippen molar-refractivity contribution < 1.29 is 0 Å². The van der Waals surface area contributed by atoms with Crippen LogP contribution >= 0.6 is 0 Å². The Hall–Kier alpha value is -1.56. The highest BCUT2D eigenvalue weighted by Gasteiger charge is 2.09. The van der Waals surface area contributed by atoms with E-state index in [0.29, 0.717) is 0 Å². The molecule has 0 amide bonds. The zero-order chi connectivity index (χ0) is 13.1. The molecular weight excluding hydrogens is 216 g/mol. The molecule has 2 aromatic carbocycles. The Kier molecular flexibility index (Phi) is 3.86. The first kappa shape index (κ1) is 12.9. The summed E-state index contributed by atoms with van der Waals surface area (Å²) in [7, 11) is 0. The standard InChI is InChI=1S/C18H22/c1-5-15-10-11-18(17(6-2)14(15)4)16-9-7-8-13(3)12-16/h7-12H,5-6H2,1-4H3. The van der Waals surface area contributed by atoms with Crippen LogP contribution in [0.4, 0.5) is 0 Å². The van der Waals surface area contributed by atoms with Gasteiger partial charge in [0, 0.05) is 0 Å². The quantitative estimate of drug-likeness (QED) is 0.698. The van der Waals surface area contributed by atoms with Crippen molar-refractivity contribution in [3.05, 3.63) is 58.7 Å². The first-order chi connectivity index (χ1) is 8.67. The number of hydrogen-bond donors (Lipinski definition) is 0. The summed E-state index contributed by atoms with van der Waals surface area (Å²) in [5.74, 6) is 0. The van der Waals surface area contributed by atoms with Crippen molar-refractivity contribution >= 4 is 0 Å². The fraction of sp³-hybridized carbons (Fsp3) is 0.333. The summed E-state index contributed by atoms with van der Waals surface area (Å²) in [6.45, 7) is 8.90. The molecule has 0 heteroatoms. The summed E-state index contributed by atoms with van der Waals surface area (Å²) in [6.07, 6.45) is 2.22. The number of benzene rings is 2. The van der Waals surface area contributed by atoms with Crippen molar-refractivity contribution in [2.45, 2.75) is 40.5 Å². The smallest absolute Gasteiger partial charge is 0.0149 e. The lowest BCUT2D eigenvalue weighted by Crippen LogP contribution is -1.97. The second kappa shape index (κ2) is 5.39. The minimum atomic E-state index is 1.10. The lowest BCUT2D eigenvalue weighted by atomic mass is 9.90. The Morgan fingerprint density at radius 3 is 2.28 bits per heavy atom. The SMILES string of the molecule is CCc1ccc(-c2cccc(C)c2)c(CC)c1C. The van der Waals surface area contributed by atoms with Gasteiger partial charge in [-0.25, -0.2) is 0 Å². The Bertz CT molecular complexity index is 550. The average Bonchev–Trinajstić information content (AvgIpc) is 2.38. The molecule has 0 aliphatic heterocycles. The van der Waals surface area contributed by atoms with E-state index >= 15 is 0 Å². The Morgan fingerprint density at radius 1 is 0.889 bits per heavy atom. The van der Waals surface area contributed by atoms with Crippen LogP contribution in [0.2, 0.25) is 0 Å². The van der Waals surface area contributed by atoms with Gasteiger partial charge in [0.1, 0.15) is 0 Å². The van der Waals surface area contributed by atoms with Crippen LogP contribution in [-0.2, 0) is 12.8 Å². The predicted octanol–water partition coefficient (Wildman–Crippen LogP) is 5.10. The second-order valence-electron chi connectivity index (χ2n) is 4.95. The van der Waals surface area contributed by atoms with E-state index < -0.39 is 0 Å². The summed E-state index contributed by atoms with van der Waals surface area (Å²) in [5.41, 5.74) is 8.52. The molecule has 2 aromatic rings. The van der Waals surface area contributed by atoms with Crippen LogP contribution in [0.25, 0.3) is 11.1 Å². The van der Waals surface area contributed by atoms with Crippen LogP contribution in [0, 0.1) is 13.8 Å². The number of rotatable bonds is 3. The third kappa shape index (κ3) is 2.33. The van der Waals surface area contributed by atoms with E-state index in [0.717, 1.165) is 12.8 Å². The van der Waals surface area contributed by atoms with Crippen molar-refractivity contribution in [3.63, 3.8) is 0 Å². The summed E-state index contributed by atoms with van der Waals surface area (Å²) in [5, 5.41) is 0. The third-order valence-electron chi connectivity index (χ3n) is 3.77. The molecule has 0 unspecified atom stereocenters. The van der Waals surface area contributed by atoms with Crippen LogP contribution in [0.3, 0.4) is 0 Å². The van der Waals surface area contributed by atoms with Gasteiger partial charge in [0.15, 0.2) is 0 Å². The van der Waals surface area contributed by atoms with E-state index in [4.69, 9.17) is 0 Å². The molecule has 94 valence electrons. The first-order valence-corrected chi connectivity index (χ1v) is 6.85. The maximum atomic E-state index is 2.29. The van der Waals surface area contributed by atoms with Crippen LogP contribution in [0.5, 0.6) is 0 Å². The molecule has 0 saturated heterocycles. The lowest BCUT2D eigenvalue weighted by Gasteiger charge is -2.15. The molecule has 0 aliphatic rings. The zero-order valence-corrected chi connectivity index (χ0v) is 11.9. The van der Waals surface area contributed by atoms with Crippen molar-refractivity contribution in [1.29, 1.82) is 0 Å². The Labute approximate surface area is 111 Å². The second-order valence-corrected chi connectivity index (χ2v) is 4.95. The van der Waals surface area contributed by atoms with Gasteiger partial charge >= 0.3 is 0 Å². The van der Waals surface area contributed by atoms with Gasteiger partial charge in [0.05, 0.1) is 0 Å². The minimum Gasteiger partial charge on any atom is -0.0614 e. The van der Waals surface area contributed by atoms with E-state index in [-0.39, 0.29) is 0 Å². The molecule has 0 aliphatic carbocycles. The van der Waals surface area contributed by atoms with Crippen LogP contribution in [0.1, 0.15) is 36.1 Å². The maximum Gasteiger partial charge on any atom is -0.0149 e. The van der Waals surface area contributed by atoms with Crippen LogP contribution in [-0.4, -0.2) is 0 Å². The molecule has 0 atom stereocenters. The van der Waals surface area contributed by atoms with Gasteiger partial charge in [-0.1, -0.05) is 55.8 Å². The van der Waals surface area contributed by atoms with Gasteiger partial charge in [0.25, 0.3) is 0 Å². The predicted molar refractivity (Wildman–Crippen MR) is 80.1 cm³/mol. The molecule has 0 nitrogen and oxygen atoms in total. The normalized spacial score (nSPS) is 10.7. The molecule has 0 saturated carbocycles. The zero-order valence-electron chi connectivity index (χ0n) is 11.9. The Morgan fingerprint density at radius 2 is 1.67 bits per heavy atom. The summed E-state index contributed by atoms with van der Waals surface area (Å²) in [6, 6.07) is 13.4. The van der Waals surface area contributed by atoms with Gasteiger partial charge in [0.2, 0.25) is 0 Å². The summed E-state index contributed by atoms with van der Waals surface area (Å²) >= 11 is 0. The van der Waals surface area contributed by atoms with Crippen molar-refractivity contribution in [1.82, 2.24) is 0 Å². The van der Waals surface area contributed by atoms with E-state index in [1.54, 1.807) is 0 Å². The average molecular weight is 238 g/mol. The van der Waals surface area contributed by atoms with Crippen molar-refractivity contribution in [2.24, 2.45) is 0 Å². The van der Waals surface area contributed by atoms with Gasteiger partial charge in [-0.15, -0.1) is 0 Å². The van der Waals surface area contributed by atoms with Crippen molar-refractivity contribution in [2.75, 3.05) is 0 Å². The van der Waals surface area contributed by atoms with Gasteiger partial charge < -0.3 is 0 Å². The molecular formula is C18H22. The molecule has 0 heterocycles.